The molecule has 0 radical (unpaired) electrons. The number of oxazole rings is 1. The molecule has 2 fully saturated rings. The summed E-state index contributed by atoms with van der Waals surface area (Å²) in [6.45, 7) is 2.76. The second-order valence-electron chi connectivity index (χ2n) is 8.86. The SMILES string of the molecule is CCCCCNC(=O)c1coc(C2C3CCC(O3)C2Cc2ccccc2CCC(=O)[O-])n1.[Na+]. The van der Waals surface area contributed by atoms with Crippen LogP contribution >= 0.6 is 0 Å². The van der Waals surface area contributed by atoms with Crippen LogP contribution in [0.5, 0.6) is 0 Å². The van der Waals surface area contributed by atoms with Crippen molar-refractivity contribution in [1.82, 2.24) is 10.3 Å². The summed E-state index contributed by atoms with van der Waals surface area (Å²) in [5, 5.41) is 13.8. The fraction of sp³-hybridized carbons (Fsp3) is 0.560. The van der Waals surface area contributed by atoms with Crippen LogP contribution in [0.25, 0.3) is 0 Å². The molecule has 2 aromatic rings. The van der Waals surface area contributed by atoms with Gasteiger partial charge in [0.25, 0.3) is 5.91 Å². The summed E-state index contributed by atoms with van der Waals surface area (Å²) >= 11 is 0. The molecule has 8 heteroatoms. The standard InChI is InChI=1S/C25H32N2O5.Na/c1-2-3-6-13-26-24(30)19-15-31-25(27-19)23-18(20-10-11-21(23)32-20)14-17-8-5-4-7-16(17)9-12-22(28)29;/h4-5,7-8,15,18,20-21,23H,2-3,6,9-14H2,1H3,(H,26,30)(H,28,29);/q;+1/p-1. The van der Waals surface area contributed by atoms with Crippen molar-refractivity contribution in [2.45, 2.75) is 76.4 Å². The van der Waals surface area contributed by atoms with Gasteiger partial charge < -0.3 is 24.4 Å². The molecule has 0 saturated carbocycles. The molecule has 1 aromatic carbocycles. The van der Waals surface area contributed by atoms with Gasteiger partial charge in [-0.1, -0.05) is 44.0 Å². The molecule has 0 spiro atoms. The van der Waals surface area contributed by atoms with E-state index in [2.05, 4.69) is 23.3 Å². The molecule has 2 aliphatic rings. The first kappa shape index (κ1) is 25.9. The number of carbonyl (C=O) groups excluding carboxylic acids is 2. The van der Waals surface area contributed by atoms with Gasteiger partial charge >= 0.3 is 29.6 Å². The van der Waals surface area contributed by atoms with Crippen LogP contribution in [-0.4, -0.2) is 35.6 Å². The van der Waals surface area contributed by atoms with Gasteiger partial charge in [-0.2, -0.15) is 0 Å². The van der Waals surface area contributed by atoms with Crippen molar-refractivity contribution in [1.29, 1.82) is 0 Å². The third kappa shape index (κ3) is 6.27. The number of nitrogens with one attached hydrogen (secondary N) is 1. The minimum absolute atomic E-state index is 0. The van der Waals surface area contributed by atoms with Crippen LogP contribution in [-0.2, 0) is 22.4 Å². The average Bonchev–Trinajstić information content (AvgIpc) is 3.52. The normalized spacial score (nSPS) is 23.3. The molecule has 0 aliphatic carbocycles. The zero-order chi connectivity index (χ0) is 22.5. The van der Waals surface area contributed by atoms with Gasteiger partial charge in [-0.3, -0.25) is 4.79 Å². The summed E-state index contributed by atoms with van der Waals surface area (Å²) in [5.74, 6) is -0.514. The van der Waals surface area contributed by atoms with Gasteiger partial charge in [-0.15, -0.1) is 0 Å². The summed E-state index contributed by atoms with van der Waals surface area (Å²) in [7, 11) is 0. The number of unbranched alkanes of at least 4 members (excludes halogenated alkanes) is 2. The Morgan fingerprint density at radius 3 is 2.67 bits per heavy atom. The molecular formula is C25H31N2NaO5. The Morgan fingerprint density at radius 2 is 1.91 bits per heavy atom. The molecule has 3 heterocycles. The van der Waals surface area contributed by atoms with Crippen molar-refractivity contribution >= 4 is 11.9 Å². The van der Waals surface area contributed by atoms with Crippen LogP contribution in [0.1, 0.15) is 78.9 Å². The molecule has 4 unspecified atom stereocenters. The van der Waals surface area contributed by atoms with Crippen LogP contribution in [0.3, 0.4) is 0 Å². The van der Waals surface area contributed by atoms with Crippen LogP contribution < -0.4 is 40.0 Å². The van der Waals surface area contributed by atoms with E-state index in [1.54, 1.807) is 0 Å². The smallest absolute Gasteiger partial charge is 0.550 e. The molecule has 1 aromatic heterocycles. The number of aromatic nitrogens is 1. The van der Waals surface area contributed by atoms with E-state index in [1.807, 2.05) is 18.2 Å². The number of carbonyl (C=O) groups is 2. The molecule has 172 valence electrons. The van der Waals surface area contributed by atoms with E-state index >= 15 is 0 Å². The number of fused-ring (bicyclic) bond motifs is 2. The van der Waals surface area contributed by atoms with Crippen LogP contribution in [0.4, 0.5) is 0 Å². The number of rotatable bonds is 11. The third-order valence-corrected chi connectivity index (χ3v) is 6.70. The van der Waals surface area contributed by atoms with E-state index in [9.17, 15) is 14.7 Å². The number of aliphatic carboxylic acids is 1. The second-order valence-corrected chi connectivity index (χ2v) is 8.86. The topological polar surface area (TPSA) is 104 Å². The molecule has 2 saturated heterocycles. The number of nitrogens with zero attached hydrogens (tertiary/aromatic N) is 1. The zero-order valence-corrected chi connectivity index (χ0v) is 21.5. The largest absolute Gasteiger partial charge is 1.00 e. The van der Waals surface area contributed by atoms with Gasteiger partial charge in [-0.05, 0) is 49.7 Å². The molecule has 7 nitrogen and oxygen atoms in total. The van der Waals surface area contributed by atoms with Gasteiger partial charge in [0.1, 0.15) is 6.26 Å². The van der Waals surface area contributed by atoms with Crippen molar-refractivity contribution in [2.75, 3.05) is 6.54 Å². The molecule has 4 rings (SSSR count). The number of aryl methyl sites for hydroxylation is 1. The van der Waals surface area contributed by atoms with Crippen LogP contribution in [0, 0.1) is 5.92 Å². The summed E-state index contributed by atoms with van der Waals surface area (Å²) < 4.78 is 12.0. The molecular weight excluding hydrogens is 431 g/mol. The van der Waals surface area contributed by atoms with E-state index in [0.717, 1.165) is 49.7 Å². The Labute approximate surface area is 217 Å². The van der Waals surface area contributed by atoms with Crippen molar-refractivity contribution in [2.24, 2.45) is 5.92 Å². The maximum absolute atomic E-state index is 12.4. The molecule has 33 heavy (non-hydrogen) atoms. The van der Waals surface area contributed by atoms with Crippen molar-refractivity contribution in [3.8, 4) is 0 Å². The predicted octanol–water partition coefficient (Wildman–Crippen LogP) is -0.215. The van der Waals surface area contributed by atoms with Crippen molar-refractivity contribution < 1.29 is 53.4 Å². The summed E-state index contributed by atoms with van der Waals surface area (Å²) in [5.41, 5.74) is 2.46. The van der Waals surface area contributed by atoms with E-state index < -0.39 is 5.97 Å². The zero-order valence-electron chi connectivity index (χ0n) is 19.5. The Kier molecular flexibility index (Phi) is 9.56. The minimum atomic E-state index is -1.04. The first-order valence-electron chi connectivity index (χ1n) is 11.7. The van der Waals surface area contributed by atoms with Gasteiger partial charge in [0, 0.05) is 18.4 Å². The van der Waals surface area contributed by atoms with Gasteiger partial charge in [0.2, 0.25) is 5.89 Å². The van der Waals surface area contributed by atoms with E-state index in [0.29, 0.717) is 24.6 Å². The maximum Gasteiger partial charge on any atom is 1.00 e. The maximum atomic E-state index is 12.4. The van der Waals surface area contributed by atoms with Crippen molar-refractivity contribution in [3.05, 3.63) is 53.2 Å². The first-order valence-corrected chi connectivity index (χ1v) is 11.7. The number of carboxylic acid groups (broad SMARTS) is 1. The third-order valence-electron chi connectivity index (χ3n) is 6.70. The van der Waals surface area contributed by atoms with E-state index in [4.69, 9.17) is 9.15 Å². The molecule has 1 amide bonds. The Hall–Kier alpha value is -1.67. The quantitative estimate of drug-likeness (QED) is 0.366. The second kappa shape index (κ2) is 12.2. The number of amides is 1. The Morgan fingerprint density at radius 1 is 1.15 bits per heavy atom. The number of benzene rings is 1. The Balaban J connectivity index is 0.00000306. The first-order chi connectivity index (χ1) is 15.6. The molecule has 1 N–H and O–H groups in total. The van der Waals surface area contributed by atoms with Gasteiger partial charge in [0.05, 0.1) is 18.1 Å². The van der Waals surface area contributed by atoms with Crippen LogP contribution in [0.2, 0.25) is 0 Å². The monoisotopic (exact) mass is 462 g/mol. The van der Waals surface area contributed by atoms with E-state index in [1.165, 1.54) is 6.26 Å². The summed E-state index contributed by atoms with van der Waals surface area (Å²) in [6, 6.07) is 7.95. The fourth-order valence-electron chi connectivity index (χ4n) is 5.08. The number of hydrogen-bond donors (Lipinski definition) is 1. The Bertz CT molecular complexity index is 946. The number of carboxylic acids is 1. The summed E-state index contributed by atoms with van der Waals surface area (Å²) in [4.78, 5) is 27.9. The van der Waals surface area contributed by atoms with Gasteiger partial charge in [0.15, 0.2) is 5.69 Å². The van der Waals surface area contributed by atoms with Crippen LogP contribution in [0.15, 0.2) is 34.9 Å². The van der Waals surface area contributed by atoms with E-state index in [-0.39, 0.29) is 65.9 Å². The minimum Gasteiger partial charge on any atom is -0.550 e. The summed E-state index contributed by atoms with van der Waals surface area (Å²) in [6.07, 6.45) is 7.92. The number of hydrogen-bond acceptors (Lipinski definition) is 6. The molecule has 4 atom stereocenters. The van der Waals surface area contributed by atoms with Crippen molar-refractivity contribution in [3.63, 3.8) is 0 Å². The average molecular weight is 463 g/mol. The molecule has 2 aliphatic heterocycles. The molecule has 2 bridgehead atoms. The fourth-order valence-corrected chi connectivity index (χ4v) is 5.08. The number of ether oxygens (including phenoxy) is 1. The van der Waals surface area contributed by atoms with Gasteiger partial charge in [-0.25, -0.2) is 4.98 Å². The predicted molar refractivity (Wildman–Crippen MR) is 116 cm³/mol.